The van der Waals surface area contributed by atoms with Crippen molar-refractivity contribution in [2.75, 3.05) is 25.4 Å². The summed E-state index contributed by atoms with van der Waals surface area (Å²) >= 11 is 0. The van der Waals surface area contributed by atoms with Crippen LogP contribution in [-0.2, 0) is 4.79 Å². The van der Waals surface area contributed by atoms with E-state index in [4.69, 9.17) is 10.5 Å². The summed E-state index contributed by atoms with van der Waals surface area (Å²) in [5.41, 5.74) is 6.23. The Balaban J connectivity index is 1.86. The van der Waals surface area contributed by atoms with Gasteiger partial charge in [0, 0.05) is 13.1 Å². The summed E-state index contributed by atoms with van der Waals surface area (Å²) < 4.78 is 5.39. The molecule has 0 spiro atoms. The molecule has 1 fully saturated rings. The van der Waals surface area contributed by atoms with E-state index in [0.717, 1.165) is 12.8 Å². The van der Waals surface area contributed by atoms with Crippen LogP contribution < -0.4 is 10.5 Å². The van der Waals surface area contributed by atoms with E-state index in [-0.39, 0.29) is 12.5 Å². The van der Waals surface area contributed by atoms with Gasteiger partial charge in [-0.25, -0.2) is 0 Å². The average Bonchev–Trinajstić information content (AvgIpc) is 2.37. The van der Waals surface area contributed by atoms with Gasteiger partial charge in [0.05, 0.1) is 11.8 Å². The molecule has 1 amide bonds. The second-order valence-electron chi connectivity index (χ2n) is 4.46. The van der Waals surface area contributed by atoms with Crippen LogP contribution in [-0.4, -0.2) is 41.7 Å². The van der Waals surface area contributed by atoms with Gasteiger partial charge in [-0.1, -0.05) is 12.1 Å². The van der Waals surface area contributed by atoms with Crippen LogP contribution in [0.4, 0.5) is 5.69 Å². The normalized spacial score (nSPS) is 19.6. The molecule has 0 saturated carbocycles. The number of likely N-dealkylation sites (tertiary alicyclic amines) is 1. The van der Waals surface area contributed by atoms with Crippen molar-refractivity contribution in [3.05, 3.63) is 24.3 Å². The van der Waals surface area contributed by atoms with Crippen LogP contribution in [0.15, 0.2) is 24.3 Å². The second-order valence-corrected chi connectivity index (χ2v) is 4.46. The SMILES string of the molecule is Nc1ccccc1OCC(=O)N1CCCC(O)C1. The molecule has 1 aromatic carbocycles. The molecule has 0 bridgehead atoms. The highest BCUT2D eigenvalue weighted by Crippen LogP contribution is 2.20. The van der Waals surface area contributed by atoms with Crippen molar-refractivity contribution < 1.29 is 14.6 Å². The van der Waals surface area contributed by atoms with Crippen molar-refractivity contribution in [1.82, 2.24) is 4.90 Å². The number of aliphatic hydroxyl groups is 1. The lowest BCUT2D eigenvalue weighted by Crippen LogP contribution is -2.44. The highest BCUT2D eigenvalue weighted by molar-refractivity contribution is 5.78. The summed E-state index contributed by atoms with van der Waals surface area (Å²) in [6.45, 7) is 1.04. The molecule has 98 valence electrons. The fourth-order valence-electron chi connectivity index (χ4n) is 2.02. The molecule has 1 saturated heterocycles. The Kier molecular flexibility index (Phi) is 4.04. The number of rotatable bonds is 3. The van der Waals surface area contributed by atoms with Crippen molar-refractivity contribution in [2.45, 2.75) is 18.9 Å². The third-order valence-electron chi connectivity index (χ3n) is 3.02. The zero-order chi connectivity index (χ0) is 13.0. The molecule has 5 heteroatoms. The molecule has 0 radical (unpaired) electrons. The Labute approximate surface area is 106 Å². The Morgan fingerprint density at radius 2 is 2.28 bits per heavy atom. The van der Waals surface area contributed by atoms with E-state index in [0.29, 0.717) is 24.5 Å². The first-order valence-corrected chi connectivity index (χ1v) is 6.10. The fourth-order valence-corrected chi connectivity index (χ4v) is 2.02. The standard InChI is InChI=1S/C13H18N2O3/c14-11-5-1-2-6-12(11)18-9-13(17)15-7-3-4-10(16)8-15/h1-2,5-6,10,16H,3-4,7-9,14H2. The Bertz CT molecular complexity index is 422. The minimum Gasteiger partial charge on any atom is -0.482 e. The second kappa shape index (κ2) is 5.73. The topological polar surface area (TPSA) is 75.8 Å². The van der Waals surface area contributed by atoms with Gasteiger partial charge in [0.2, 0.25) is 0 Å². The quantitative estimate of drug-likeness (QED) is 0.772. The maximum absolute atomic E-state index is 11.9. The van der Waals surface area contributed by atoms with Crippen molar-refractivity contribution in [2.24, 2.45) is 0 Å². The summed E-state index contributed by atoms with van der Waals surface area (Å²) in [4.78, 5) is 13.5. The number of β-amino-alcohol motifs (C(OH)–C–C–N with tert-alkyl or cyclic N) is 1. The van der Waals surface area contributed by atoms with E-state index in [9.17, 15) is 9.90 Å². The van der Waals surface area contributed by atoms with Gasteiger partial charge in [0.1, 0.15) is 5.75 Å². The lowest BCUT2D eigenvalue weighted by molar-refractivity contribution is -0.136. The molecule has 1 unspecified atom stereocenters. The van der Waals surface area contributed by atoms with Gasteiger partial charge in [-0.2, -0.15) is 0 Å². The Morgan fingerprint density at radius 3 is 3.00 bits per heavy atom. The van der Waals surface area contributed by atoms with Crippen molar-refractivity contribution in [3.63, 3.8) is 0 Å². The van der Waals surface area contributed by atoms with Gasteiger partial charge in [0.25, 0.3) is 5.91 Å². The number of nitrogens with two attached hydrogens (primary N) is 1. The van der Waals surface area contributed by atoms with Crippen LogP contribution in [0.1, 0.15) is 12.8 Å². The van der Waals surface area contributed by atoms with Gasteiger partial charge in [-0.05, 0) is 25.0 Å². The van der Waals surface area contributed by atoms with Crippen LogP contribution in [0.5, 0.6) is 5.75 Å². The number of benzene rings is 1. The van der Waals surface area contributed by atoms with Crippen LogP contribution in [0.2, 0.25) is 0 Å². The maximum atomic E-state index is 11.9. The number of anilines is 1. The molecule has 1 aliphatic rings. The molecule has 0 aliphatic carbocycles. The summed E-state index contributed by atoms with van der Waals surface area (Å²) in [5.74, 6) is 0.403. The van der Waals surface area contributed by atoms with Crippen molar-refractivity contribution >= 4 is 11.6 Å². The first kappa shape index (κ1) is 12.7. The minimum absolute atomic E-state index is 0.0407. The summed E-state index contributed by atoms with van der Waals surface area (Å²) in [7, 11) is 0. The van der Waals surface area contributed by atoms with Crippen molar-refractivity contribution in [3.8, 4) is 5.75 Å². The lowest BCUT2D eigenvalue weighted by atomic mass is 10.1. The van der Waals surface area contributed by atoms with E-state index in [1.807, 2.05) is 6.07 Å². The lowest BCUT2D eigenvalue weighted by Gasteiger charge is -2.30. The monoisotopic (exact) mass is 250 g/mol. The zero-order valence-electron chi connectivity index (χ0n) is 10.2. The Hall–Kier alpha value is -1.75. The largest absolute Gasteiger partial charge is 0.482 e. The van der Waals surface area contributed by atoms with E-state index in [1.165, 1.54) is 0 Å². The minimum atomic E-state index is -0.413. The number of carbonyl (C=O) groups is 1. The van der Waals surface area contributed by atoms with Crippen LogP contribution in [0, 0.1) is 0 Å². The molecule has 2 rings (SSSR count). The summed E-state index contributed by atoms with van der Waals surface area (Å²) in [6, 6.07) is 7.07. The smallest absolute Gasteiger partial charge is 0.260 e. The van der Waals surface area contributed by atoms with Gasteiger partial charge in [-0.15, -0.1) is 0 Å². The molecular weight excluding hydrogens is 232 g/mol. The van der Waals surface area contributed by atoms with Crippen LogP contribution >= 0.6 is 0 Å². The number of aliphatic hydroxyl groups excluding tert-OH is 1. The van der Waals surface area contributed by atoms with Crippen molar-refractivity contribution in [1.29, 1.82) is 0 Å². The number of carbonyl (C=O) groups excluding carboxylic acids is 1. The molecule has 5 nitrogen and oxygen atoms in total. The predicted octanol–water partition coefficient (Wildman–Crippen LogP) is 0.631. The third kappa shape index (κ3) is 3.13. The van der Waals surface area contributed by atoms with E-state index in [1.54, 1.807) is 23.1 Å². The number of para-hydroxylation sites is 2. The van der Waals surface area contributed by atoms with Gasteiger partial charge < -0.3 is 20.5 Å². The van der Waals surface area contributed by atoms with Crippen LogP contribution in [0.3, 0.4) is 0 Å². The Morgan fingerprint density at radius 1 is 1.50 bits per heavy atom. The first-order chi connectivity index (χ1) is 8.66. The molecule has 1 aliphatic heterocycles. The average molecular weight is 250 g/mol. The molecular formula is C13H18N2O3. The number of amides is 1. The maximum Gasteiger partial charge on any atom is 0.260 e. The number of ether oxygens (including phenoxy) is 1. The first-order valence-electron chi connectivity index (χ1n) is 6.10. The van der Waals surface area contributed by atoms with Gasteiger partial charge >= 0.3 is 0 Å². The van der Waals surface area contributed by atoms with Gasteiger partial charge in [-0.3, -0.25) is 4.79 Å². The number of piperidine rings is 1. The number of hydrogen-bond acceptors (Lipinski definition) is 4. The summed E-state index contributed by atoms with van der Waals surface area (Å²) in [6.07, 6.45) is 1.18. The zero-order valence-corrected chi connectivity index (χ0v) is 10.2. The number of hydrogen-bond donors (Lipinski definition) is 2. The molecule has 0 aromatic heterocycles. The molecule has 1 aromatic rings. The third-order valence-corrected chi connectivity index (χ3v) is 3.02. The predicted molar refractivity (Wildman–Crippen MR) is 68.2 cm³/mol. The highest BCUT2D eigenvalue weighted by Gasteiger charge is 2.22. The van der Waals surface area contributed by atoms with E-state index < -0.39 is 6.10 Å². The highest BCUT2D eigenvalue weighted by atomic mass is 16.5. The van der Waals surface area contributed by atoms with E-state index in [2.05, 4.69) is 0 Å². The molecule has 1 atom stereocenters. The molecule has 18 heavy (non-hydrogen) atoms. The molecule has 1 heterocycles. The van der Waals surface area contributed by atoms with Crippen LogP contribution in [0.25, 0.3) is 0 Å². The van der Waals surface area contributed by atoms with E-state index >= 15 is 0 Å². The fraction of sp³-hybridized carbons (Fsp3) is 0.462. The number of nitrogens with zero attached hydrogens (tertiary/aromatic N) is 1. The number of nitrogen functional groups attached to an aromatic ring is 1. The van der Waals surface area contributed by atoms with Gasteiger partial charge in [0.15, 0.2) is 6.61 Å². The molecule has 3 N–H and O–H groups in total. The summed E-state index contributed by atoms with van der Waals surface area (Å²) in [5, 5.41) is 9.50.